The molecule has 0 aliphatic rings. The third kappa shape index (κ3) is 3.06. The average Bonchev–Trinajstić information content (AvgIpc) is 2.43. The number of thiocarbonyl (C=S) groups is 1. The van der Waals surface area contributed by atoms with E-state index < -0.39 is 0 Å². The largest absolute Gasteiger partial charge is 0.392 e. The number of para-hydroxylation sites is 1. The number of nitrogens with zero attached hydrogens (tertiary/aromatic N) is 1. The minimum atomic E-state index is -0.296. The summed E-state index contributed by atoms with van der Waals surface area (Å²) in [6.07, 6.45) is 0.661. The van der Waals surface area contributed by atoms with Crippen molar-refractivity contribution in [2.24, 2.45) is 5.73 Å². The lowest BCUT2D eigenvalue weighted by atomic mass is 10.2. The summed E-state index contributed by atoms with van der Waals surface area (Å²) >= 11 is 4.90. The molecule has 98 valence electrons. The molecule has 2 rings (SSSR count). The van der Waals surface area contributed by atoms with Gasteiger partial charge in [0.1, 0.15) is 5.69 Å². The SMILES string of the molecule is CCC(NC(=O)c1ccc2ccccc2n1)C(N)=S. The van der Waals surface area contributed by atoms with Crippen molar-refractivity contribution in [1.82, 2.24) is 10.3 Å². The maximum absolute atomic E-state index is 12.1. The number of hydrogen-bond acceptors (Lipinski definition) is 3. The number of nitrogens with two attached hydrogens (primary N) is 1. The Bertz CT molecular complexity index is 627. The first kappa shape index (κ1) is 13.4. The smallest absolute Gasteiger partial charge is 0.270 e. The molecular weight excluding hydrogens is 258 g/mol. The summed E-state index contributed by atoms with van der Waals surface area (Å²) in [5, 5.41) is 3.78. The third-order valence-electron chi connectivity index (χ3n) is 2.89. The van der Waals surface area contributed by atoms with Crippen LogP contribution < -0.4 is 11.1 Å². The zero-order chi connectivity index (χ0) is 13.8. The number of carbonyl (C=O) groups excluding carboxylic acids is 1. The molecule has 0 saturated carbocycles. The lowest BCUT2D eigenvalue weighted by molar-refractivity contribution is 0.0942. The van der Waals surface area contributed by atoms with Gasteiger partial charge in [-0.15, -0.1) is 0 Å². The fraction of sp³-hybridized carbons (Fsp3) is 0.214. The number of pyridine rings is 1. The molecule has 1 aromatic carbocycles. The molecule has 0 saturated heterocycles. The van der Waals surface area contributed by atoms with E-state index in [1.165, 1.54) is 0 Å². The first-order valence-electron chi connectivity index (χ1n) is 6.07. The summed E-state index contributed by atoms with van der Waals surface area (Å²) in [6, 6.07) is 10.9. The Balaban J connectivity index is 2.24. The highest BCUT2D eigenvalue weighted by Crippen LogP contribution is 2.11. The summed E-state index contributed by atoms with van der Waals surface area (Å²) < 4.78 is 0. The van der Waals surface area contributed by atoms with Crippen LogP contribution in [0.2, 0.25) is 0 Å². The van der Waals surface area contributed by atoms with Crippen molar-refractivity contribution in [2.75, 3.05) is 0 Å². The van der Waals surface area contributed by atoms with Crippen molar-refractivity contribution in [3.8, 4) is 0 Å². The number of fused-ring (bicyclic) bond motifs is 1. The van der Waals surface area contributed by atoms with E-state index in [-0.39, 0.29) is 16.9 Å². The summed E-state index contributed by atoms with van der Waals surface area (Å²) in [5.41, 5.74) is 6.72. The molecule has 1 amide bonds. The van der Waals surface area contributed by atoms with E-state index in [0.29, 0.717) is 12.1 Å². The minimum absolute atomic E-state index is 0.259. The standard InChI is InChI=1S/C14H15N3OS/c1-2-10(13(15)19)17-14(18)12-8-7-9-5-3-4-6-11(9)16-12/h3-8,10H,2H2,1H3,(H2,15,19)(H,17,18). The maximum atomic E-state index is 12.1. The fourth-order valence-corrected chi connectivity index (χ4v) is 2.02. The van der Waals surface area contributed by atoms with Crippen LogP contribution in [0.1, 0.15) is 23.8 Å². The van der Waals surface area contributed by atoms with Crippen LogP contribution in [-0.4, -0.2) is 21.9 Å². The molecule has 0 fully saturated rings. The molecule has 0 aliphatic carbocycles. The van der Waals surface area contributed by atoms with Crippen molar-refractivity contribution in [2.45, 2.75) is 19.4 Å². The van der Waals surface area contributed by atoms with Crippen molar-refractivity contribution in [3.63, 3.8) is 0 Å². The summed E-state index contributed by atoms with van der Waals surface area (Å²) in [4.78, 5) is 16.7. The highest BCUT2D eigenvalue weighted by Gasteiger charge is 2.15. The number of rotatable bonds is 4. The lowest BCUT2D eigenvalue weighted by Crippen LogP contribution is -2.43. The normalized spacial score (nSPS) is 12.1. The molecule has 0 spiro atoms. The summed E-state index contributed by atoms with van der Waals surface area (Å²) in [7, 11) is 0. The molecule has 1 heterocycles. The van der Waals surface area contributed by atoms with Gasteiger partial charge < -0.3 is 11.1 Å². The second kappa shape index (κ2) is 5.75. The Hall–Kier alpha value is -2.01. The molecule has 1 unspecified atom stereocenters. The summed E-state index contributed by atoms with van der Waals surface area (Å²) in [5.74, 6) is -0.259. The van der Waals surface area contributed by atoms with Crippen LogP contribution in [0.15, 0.2) is 36.4 Å². The van der Waals surface area contributed by atoms with E-state index in [0.717, 1.165) is 10.9 Å². The topological polar surface area (TPSA) is 68.0 Å². The molecule has 4 nitrogen and oxygen atoms in total. The second-order valence-electron chi connectivity index (χ2n) is 4.23. The highest BCUT2D eigenvalue weighted by atomic mass is 32.1. The molecule has 0 radical (unpaired) electrons. The van der Waals surface area contributed by atoms with Crippen molar-refractivity contribution in [3.05, 3.63) is 42.1 Å². The van der Waals surface area contributed by atoms with E-state index >= 15 is 0 Å². The number of amides is 1. The molecule has 1 aromatic heterocycles. The molecule has 0 bridgehead atoms. The number of nitrogens with one attached hydrogen (secondary N) is 1. The van der Waals surface area contributed by atoms with Crippen molar-refractivity contribution < 1.29 is 4.79 Å². The molecule has 1 atom stereocenters. The van der Waals surface area contributed by atoms with Gasteiger partial charge in [0.15, 0.2) is 0 Å². The van der Waals surface area contributed by atoms with Gasteiger partial charge in [-0.25, -0.2) is 4.98 Å². The molecular formula is C14H15N3OS. The van der Waals surface area contributed by atoms with E-state index in [4.69, 9.17) is 18.0 Å². The van der Waals surface area contributed by atoms with E-state index in [2.05, 4.69) is 10.3 Å². The van der Waals surface area contributed by atoms with Gasteiger partial charge in [0.05, 0.1) is 16.5 Å². The number of benzene rings is 1. The Morgan fingerprint density at radius 2 is 2.11 bits per heavy atom. The molecule has 0 aliphatic heterocycles. The van der Waals surface area contributed by atoms with Crippen LogP contribution in [0.4, 0.5) is 0 Å². The van der Waals surface area contributed by atoms with Gasteiger partial charge in [0, 0.05) is 5.39 Å². The molecule has 3 N–H and O–H groups in total. The van der Waals surface area contributed by atoms with Crippen LogP contribution in [0.3, 0.4) is 0 Å². The van der Waals surface area contributed by atoms with Gasteiger partial charge in [0.25, 0.3) is 5.91 Å². The first-order chi connectivity index (χ1) is 9.11. The van der Waals surface area contributed by atoms with Gasteiger partial charge in [0.2, 0.25) is 0 Å². The number of carbonyl (C=O) groups is 1. The monoisotopic (exact) mass is 273 g/mol. The zero-order valence-corrected chi connectivity index (χ0v) is 11.4. The van der Waals surface area contributed by atoms with Crippen LogP contribution >= 0.6 is 12.2 Å². The Morgan fingerprint density at radius 1 is 1.37 bits per heavy atom. The van der Waals surface area contributed by atoms with E-state index in [9.17, 15) is 4.79 Å². The second-order valence-corrected chi connectivity index (χ2v) is 4.70. The predicted molar refractivity (Wildman–Crippen MR) is 80.1 cm³/mol. The van der Waals surface area contributed by atoms with Gasteiger partial charge in [-0.1, -0.05) is 43.4 Å². The maximum Gasteiger partial charge on any atom is 0.270 e. The average molecular weight is 273 g/mol. The Labute approximate surface area is 117 Å². The van der Waals surface area contributed by atoms with Crippen molar-refractivity contribution >= 4 is 34.0 Å². The van der Waals surface area contributed by atoms with Crippen LogP contribution in [0.5, 0.6) is 0 Å². The van der Waals surface area contributed by atoms with Crippen LogP contribution in [0.25, 0.3) is 10.9 Å². The van der Waals surface area contributed by atoms with E-state index in [1.807, 2.05) is 37.3 Å². The molecule has 2 aromatic rings. The lowest BCUT2D eigenvalue weighted by Gasteiger charge is -2.15. The van der Waals surface area contributed by atoms with Crippen LogP contribution in [-0.2, 0) is 0 Å². The van der Waals surface area contributed by atoms with Crippen molar-refractivity contribution in [1.29, 1.82) is 0 Å². The third-order valence-corrected chi connectivity index (χ3v) is 3.17. The minimum Gasteiger partial charge on any atom is -0.392 e. The van der Waals surface area contributed by atoms with Gasteiger partial charge >= 0.3 is 0 Å². The number of hydrogen-bond donors (Lipinski definition) is 2. The highest BCUT2D eigenvalue weighted by molar-refractivity contribution is 7.80. The zero-order valence-electron chi connectivity index (χ0n) is 10.6. The number of aromatic nitrogens is 1. The Morgan fingerprint density at radius 3 is 2.79 bits per heavy atom. The quantitative estimate of drug-likeness (QED) is 0.836. The Kier molecular flexibility index (Phi) is 4.06. The summed E-state index contributed by atoms with van der Waals surface area (Å²) in [6.45, 7) is 1.91. The van der Waals surface area contributed by atoms with E-state index in [1.54, 1.807) is 6.07 Å². The van der Waals surface area contributed by atoms with Gasteiger partial charge in [-0.2, -0.15) is 0 Å². The van der Waals surface area contributed by atoms with Gasteiger partial charge in [-0.05, 0) is 18.6 Å². The predicted octanol–water partition coefficient (Wildman–Crippen LogP) is 2.03. The molecule has 5 heteroatoms. The first-order valence-corrected chi connectivity index (χ1v) is 6.48. The molecule has 19 heavy (non-hydrogen) atoms. The fourth-order valence-electron chi connectivity index (χ4n) is 1.80. The van der Waals surface area contributed by atoms with Crippen LogP contribution in [0, 0.1) is 0 Å². The van der Waals surface area contributed by atoms with Gasteiger partial charge in [-0.3, -0.25) is 4.79 Å².